The first-order chi connectivity index (χ1) is 23.2. The quantitative estimate of drug-likeness (QED) is 0.0705. The molecule has 5 atom stereocenters. The van der Waals surface area contributed by atoms with Gasteiger partial charge in [0.25, 0.3) is 0 Å². The average Bonchev–Trinajstić information content (AvgIpc) is 3.03. The van der Waals surface area contributed by atoms with Gasteiger partial charge in [-0.15, -0.1) is 0 Å². The van der Waals surface area contributed by atoms with Gasteiger partial charge in [-0.05, 0) is 12.1 Å². The van der Waals surface area contributed by atoms with Crippen LogP contribution in [0.1, 0.15) is 11.7 Å². The molecular weight excluding hydrogens is 656 g/mol. The van der Waals surface area contributed by atoms with Crippen LogP contribution in [0.25, 0.3) is 55.0 Å². The molecule has 3 heterocycles. The number of phenolic OH excluding ortho intramolecular Hbond substituents is 8. The largest absolute Gasteiger partial charge is 0.508 e. The molecule has 17 heteroatoms. The van der Waals surface area contributed by atoms with Gasteiger partial charge >= 0.3 is 0 Å². The Morgan fingerprint density at radius 3 is 1.94 bits per heavy atom. The van der Waals surface area contributed by atoms with Crippen molar-refractivity contribution in [2.75, 3.05) is 6.61 Å². The van der Waals surface area contributed by atoms with Gasteiger partial charge < -0.3 is 74.8 Å². The molecule has 5 unspecified atom stereocenters. The number of phenols is 8. The summed E-state index contributed by atoms with van der Waals surface area (Å²) < 4.78 is 16.9. The number of aromatic hydroxyl groups is 8. The topological polar surface area (TPSA) is 312 Å². The van der Waals surface area contributed by atoms with Gasteiger partial charge in [-0.2, -0.15) is 0 Å². The van der Waals surface area contributed by atoms with E-state index in [1.165, 1.54) is 0 Å². The van der Waals surface area contributed by atoms with Gasteiger partial charge in [-0.25, -0.2) is 0 Å². The smallest absolute Gasteiger partial charge is 0.208 e. The number of rotatable bonds is 3. The molecule has 1 aliphatic rings. The minimum atomic E-state index is -2.13. The standard InChI is InChI=1S/C32H24O17/c33-6-16-24(41)28(45)29(46)32(49-16)21-25(42)17(31-20(27(21)44)22(39)8-3-10(35)11(36)5-14(8)47-31)9-4-13(38)30-19(23(9)40)26(43)18-12(37)1-7(34)2-15(18)48-30/h1-5,16,24,28-29,32-38,40-42,44-46H,6H2. The van der Waals surface area contributed by atoms with Crippen LogP contribution in [-0.4, -0.2) is 92.3 Å². The maximum atomic E-state index is 13.9. The fraction of sp³-hybridized carbons (Fsp3) is 0.188. The van der Waals surface area contributed by atoms with Crippen molar-refractivity contribution in [3.05, 3.63) is 56.3 Å². The molecule has 2 aromatic heterocycles. The summed E-state index contributed by atoms with van der Waals surface area (Å²) in [5.41, 5.74) is -6.70. The number of hydrogen-bond acceptors (Lipinski definition) is 17. The Balaban J connectivity index is 1.66. The van der Waals surface area contributed by atoms with Gasteiger partial charge in [0, 0.05) is 23.8 Å². The summed E-state index contributed by atoms with van der Waals surface area (Å²) in [6.07, 6.45) is -9.62. The second-order valence-corrected chi connectivity index (χ2v) is 11.5. The van der Waals surface area contributed by atoms with Crippen molar-refractivity contribution < 1.29 is 74.8 Å². The van der Waals surface area contributed by atoms with Crippen LogP contribution in [0.2, 0.25) is 0 Å². The van der Waals surface area contributed by atoms with Gasteiger partial charge in [0.15, 0.2) is 28.4 Å². The summed E-state index contributed by atoms with van der Waals surface area (Å²) in [6.45, 7) is -0.924. The van der Waals surface area contributed by atoms with Crippen LogP contribution in [0.3, 0.4) is 0 Å². The molecule has 6 aromatic rings. The molecule has 0 aliphatic carbocycles. The lowest BCUT2D eigenvalue weighted by Gasteiger charge is -2.40. The highest BCUT2D eigenvalue weighted by Crippen LogP contribution is 2.53. The summed E-state index contributed by atoms with van der Waals surface area (Å²) in [4.78, 5) is 27.5. The van der Waals surface area contributed by atoms with E-state index >= 15 is 0 Å². The van der Waals surface area contributed by atoms with Crippen molar-refractivity contribution >= 4 is 43.9 Å². The zero-order chi connectivity index (χ0) is 35.4. The van der Waals surface area contributed by atoms with Crippen LogP contribution < -0.4 is 10.9 Å². The molecule has 0 bridgehead atoms. The van der Waals surface area contributed by atoms with Crippen molar-refractivity contribution in [1.29, 1.82) is 0 Å². The molecule has 0 radical (unpaired) electrons. The molecule has 1 fully saturated rings. The lowest BCUT2D eigenvalue weighted by Crippen LogP contribution is -2.55. The number of ether oxygens (including phenoxy) is 1. The molecule has 1 aliphatic heterocycles. The van der Waals surface area contributed by atoms with Crippen molar-refractivity contribution in [3.8, 4) is 57.1 Å². The van der Waals surface area contributed by atoms with Crippen LogP contribution in [0, 0.1) is 0 Å². The Morgan fingerprint density at radius 1 is 0.592 bits per heavy atom. The van der Waals surface area contributed by atoms with E-state index in [9.17, 15) is 70.9 Å². The lowest BCUT2D eigenvalue weighted by atomic mass is 9.86. The highest BCUT2D eigenvalue weighted by Gasteiger charge is 2.47. The van der Waals surface area contributed by atoms with Crippen LogP contribution in [-0.2, 0) is 4.74 Å². The van der Waals surface area contributed by atoms with Gasteiger partial charge in [0.05, 0.1) is 23.1 Å². The number of fused-ring (bicyclic) bond motifs is 4. The van der Waals surface area contributed by atoms with Gasteiger partial charge in [-0.1, -0.05) is 0 Å². The SMILES string of the molecule is O=c1c2cc(O)c(O)cc2oc2c(-c3cc(O)c4oc5cc(O)cc(O)c5c(=O)c4c3O)c(O)c(C3OC(CO)C(O)C(O)C3O)c(O)c12. The maximum absolute atomic E-state index is 13.9. The first kappa shape index (κ1) is 31.6. The minimum absolute atomic E-state index is 0.388. The monoisotopic (exact) mass is 680 g/mol. The van der Waals surface area contributed by atoms with Gasteiger partial charge in [0.2, 0.25) is 10.9 Å². The molecule has 0 saturated carbocycles. The lowest BCUT2D eigenvalue weighted by molar-refractivity contribution is -0.232. The summed E-state index contributed by atoms with van der Waals surface area (Å²) in [6, 6.07) is 4.15. The third-order valence-corrected chi connectivity index (χ3v) is 8.61. The summed E-state index contributed by atoms with van der Waals surface area (Å²) in [7, 11) is 0. The molecule has 4 aromatic carbocycles. The number of aliphatic hydroxyl groups is 4. The molecule has 254 valence electrons. The third-order valence-electron chi connectivity index (χ3n) is 8.61. The highest BCUT2D eigenvalue weighted by atomic mass is 16.5. The van der Waals surface area contributed by atoms with Crippen molar-refractivity contribution in [3.63, 3.8) is 0 Å². The second kappa shape index (κ2) is 10.8. The molecule has 7 rings (SSSR count). The van der Waals surface area contributed by atoms with Crippen LogP contribution in [0.5, 0.6) is 46.0 Å². The van der Waals surface area contributed by atoms with Crippen molar-refractivity contribution in [1.82, 2.24) is 0 Å². The van der Waals surface area contributed by atoms with Crippen LogP contribution in [0.4, 0.5) is 0 Å². The van der Waals surface area contributed by atoms with Crippen molar-refractivity contribution in [2.45, 2.75) is 30.5 Å². The summed E-state index contributed by atoms with van der Waals surface area (Å²) >= 11 is 0. The van der Waals surface area contributed by atoms with E-state index in [4.69, 9.17) is 13.6 Å². The molecule has 1 saturated heterocycles. The molecule has 0 amide bonds. The number of benzene rings is 4. The van der Waals surface area contributed by atoms with Crippen LogP contribution >= 0.6 is 0 Å². The fourth-order valence-corrected chi connectivity index (χ4v) is 6.23. The van der Waals surface area contributed by atoms with E-state index < -0.39 is 149 Å². The third kappa shape index (κ3) is 4.38. The predicted octanol–water partition coefficient (Wildman–Crippen LogP) is 1.03. The summed E-state index contributed by atoms with van der Waals surface area (Å²) in [5.74, 6) is -6.95. The summed E-state index contributed by atoms with van der Waals surface area (Å²) in [5, 5.41) is 125. The zero-order valence-corrected chi connectivity index (χ0v) is 24.4. The van der Waals surface area contributed by atoms with E-state index in [2.05, 4.69) is 0 Å². The predicted molar refractivity (Wildman–Crippen MR) is 165 cm³/mol. The van der Waals surface area contributed by atoms with E-state index in [-0.39, 0.29) is 5.58 Å². The Morgan fingerprint density at radius 2 is 1.24 bits per heavy atom. The molecule has 49 heavy (non-hydrogen) atoms. The van der Waals surface area contributed by atoms with E-state index in [1.54, 1.807) is 0 Å². The molecule has 0 spiro atoms. The zero-order valence-electron chi connectivity index (χ0n) is 24.4. The Labute approximate surface area is 269 Å². The van der Waals surface area contributed by atoms with E-state index in [0.29, 0.717) is 0 Å². The maximum Gasteiger partial charge on any atom is 0.208 e. The normalized spacial score (nSPS) is 21.3. The Hall–Kier alpha value is -5.98. The fourth-order valence-electron chi connectivity index (χ4n) is 6.23. The van der Waals surface area contributed by atoms with Gasteiger partial charge in [0.1, 0.15) is 86.6 Å². The second-order valence-electron chi connectivity index (χ2n) is 11.5. The molecule has 17 nitrogen and oxygen atoms in total. The van der Waals surface area contributed by atoms with Crippen molar-refractivity contribution in [2.24, 2.45) is 0 Å². The van der Waals surface area contributed by atoms with E-state index in [0.717, 1.165) is 30.3 Å². The molecular formula is C32H24O17. The first-order valence-corrected chi connectivity index (χ1v) is 14.2. The molecule has 12 N–H and O–H groups in total. The first-order valence-electron chi connectivity index (χ1n) is 14.2. The van der Waals surface area contributed by atoms with Crippen LogP contribution in [0.15, 0.2) is 48.8 Å². The average molecular weight is 681 g/mol. The highest BCUT2D eigenvalue weighted by molar-refractivity contribution is 6.09. The number of hydrogen-bond donors (Lipinski definition) is 12. The Bertz CT molecular complexity index is 2510. The number of aliphatic hydroxyl groups excluding tert-OH is 4. The minimum Gasteiger partial charge on any atom is -0.508 e. The Kier molecular flexibility index (Phi) is 6.95. The van der Waals surface area contributed by atoms with Gasteiger partial charge in [-0.3, -0.25) is 9.59 Å². The van der Waals surface area contributed by atoms with E-state index in [1.807, 2.05) is 0 Å².